The lowest BCUT2D eigenvalue weighted by atomic mass is 9.96. The van der Waals surface area contributed by atoms with Gasteiger partial charge in [-0.05, 0) is 31.0 Å². The molecular weight excluding hydrogens is 492 g/mol. The number of rotatable bonds is 6. The van der Waals surface area contributed by atoms with Gasteiger partial charge in [0.1, 0.15) is 5.76 Å². The molecule has 180 valence electrons. The second-order valence-electron chi connectivity index (χ2n) is 8.45. The van der Waals surface area contributed by atoms with Crippen LogP contribution in [0.4, 0.5) is 5.13 Å². The fourth-order valence-corrected chi connectivity index (χ4v) is 5.76. The molecule has 7 nitrogen and oxygen atoms in total. The average Bonchev–Trinajstić information content (AvgIpc) is 3.46. The van der Waals surface area contributed by atoms with Crippen molar-refractivity contribution in [2.45, 2.75) is 30.0 Å². The van der Waals surface area contributed by atoms with Gasteiger partial charge in [0.15, 0.2) is 4.34 Å². The van der Waals surface area contributed by atoms with Crippen molar-refractivity contribution in [2.24, 2.45) is 0 Å². The van der Waals surface area contributed by atoms with Crippen molar-refractivity contribution in [2.75, 3.05) is 4.90 Å². The van der Waals surface area contributed by atoms with Crippen LogP contribution in [-0.2, 0) is 15.3 Å². The van der Waals surface area contributed by atoms with Crippen LogP contribution in [-0.4, -0.2) is 32.0 Å². The van der Waals surface area contributed by atoms with Crippen LogP contribution in [0.1, 0.15) is 33.9 Å². The van der Waals surface area contributed by atoms with Crippen LogP contribution < -0.4 is 4.90 Å². The zero-order chi connectivity index (χ0) is 25.2. The van der Waals surface area contributed by atoms with Gasteiger partial charge in [-0.15, -0.1) is 10.2 Å². The van der Waals surface area contributed by atoms with Crippen LogP contribution >= 0.6 is 23.1 Å². The maximum absolute atomic E-state index is 13.3. The second-order valence-corrected chi connectivity index (χ2v) is 10.6. The molecule has 1 atom stereocenters. The van der Waals surface area contributed by atoms with Gasteiger partial charge in [-0.2, -0.15) is 0 Å². The Labute approximate surface area is 216 Å². The number of thioether (sulfide) groups is 1. The van der Waals surface area contributed by atoms with Crippen LogP contribution in [0.5, 0.6) is 0 Å². The van der Waals surface area contributed by atoms with E-state index in [1.54, 1.807) is 36.7 Å². The first-order chi connectivity index (χ1) is 17.4. The molecule has 1 unspecified atom stereocenters. The van der Waals surface area contributed by atoms with Gasteiger partial charge in [0, 0.05) is 23.7 Å². The van der Waals surface area contributed by atoms with Gasteiger partial charge in [0.2, 0.25) is 5.13 Å². The first-order valence-electron chi connectivity index (χ1n) is 11.2. The summed E-state index contributed by atoms with van der Waals surface area (Å²) in [6, 6.07) is 18.0. The molecule has 5 rings (SSSR count). The molecule has 1 fully saturated rings. The molecule has 0 spiro atoms. The minimum absolute atomic E-state index is 0.000844. The molecule has 9 heteroatoms. The SMILES string of the molecule is Cc1ccc(CSc2nnc(N3C(=O)C(=O)/C(=C(/O)c4ccc(C)cc4)C3c3cccnc3)s2)cc1. The lowest BCUT2D eigenvalue weighted by molar-refractivity contribution is -0.132. The summed E-state index contributed by atoms with van der Waals surface area (Å²) in [6.07, 6.45) is 3.19. The molecule has 1 aliphatic rings. The van der Waals surface area contributed by atoms with Gasteiger partial charge in [0.05, 0.1) is 11.6 Å². The minimum atomic E-state index is -0.872. The summed E-state index contributed by atoms with van der Waals surface area (Å²) in [7, 11) is 0. The van der Waals surface area contributed by atoms with Crippen LogP contribution in [0, 0.1) is 13.8 Å². The lowest BCUT2D eigenvalue weighted by Gasteiger charge is -2.22. The van der Waals surface area contributed by atoms with Crippen LogP contribution in [0.2, 0.25) is 0 Å². The van der Waals surface area contributed by atoms with Crippen molar-refractivity contribution < 1.29 is 14.7 Å². The van der Waals surface area contributed by atoms with Crippen molar-refractivity contribution in [3.05, 3.63) is 106 Å². The molecule has 1 saturated heterocycles. The van der Waals surface area contributed by atoms with E-state index in [0.29, 0.717) is 26.4 Å². The Morgan fingerprint density at radius 3 is 2.36 bits per heavy atom. The number of aromatic nitrogens is 3. The van der Waals surface area contributed by atoms with Crippen molar-refractivity contribution in [3.63, 3.8) is 0 Å². The Morgan fingerprint density at radius 2 is 1.69 bits per heavy atom. The third-order valence-electron chi connectivity index (χ3n) is 5.85. The Kier molecular flexibility index (Phi) is 6.67. The molecule has 1 aliphatic heterocycles. The molecule has 3 heterocycles. The topological polar surface area (TPSA) is 96.3 Å². The number of aliphatic hydroxyl groups is 1. The fourth-order valence-electron chi connectivity index (χ4n) is 3.94. The highest BCUT2D eigenvalue weighted by molar-refractivity contribution is 8.00. The normalized spacial score (nSPS) is 17.1. The molecule has 0 aliphatic carbocycles. The Balaban J connectivity index is 1.51. The molecule has 1 amide bonds. The molecule has 0 saturated carbocycles. The van der Waals surface area contributed by atoms with E-state index < -0.39 is 17.7 Å². The van der Waals surface area contributed by atoms with Gasteiger partial charge in [0.25, 0.3) is 5.78 Å². The van der Waals surface area contributed by atoms with Crippen LogP contribution in [0.3, 0.4) is 0 Å². The van der Waals surface area contributed by atoms with Crippen molar-refractivity contribution in [1.29, 1.82) is 0 Å². The van der Waals surface area contributed by atoms with E-state index in [1.165, 1.54) is 33.6 Å². The Hall–Kier alpha value is -3.82. The monoisotopic (exact) mass is 514 g/mol. The third-order valence-corrected chi connectivity index (χ3v) is 7.98. The van der Waals surface area contributed by atoms with Crippen molar-refractivity contribution >= 4 is 45.7 Å². The van der Waals surface area contributed by atoms with E-state index in [4.69, 9.17) is 0 Å². The first kappa shape index (κ1) is 23.9. The van der Waals surface area contributed by atoms with E-state index in [1.807, 2.05) is 26.0 Å². The highest BCUT2D eigenvalue weighted by Gasteiger charge is 2.48. The lowest BCUT2D eigenvalue weighted by Crippen LogP contribution is -2.29. The van der Waals surface area contributed by atoms with Gasteiger partial charge < -0.3 is 5.11 Å². The largest absolute Gasteiger partial charge is 0.507 e. The number of benzene rings is 2. The summed E-state index contributed by atoms with van der Waals surface area (Å²) in [5, 5.41) is 19.9. The van der Waals surface area contributed by atoms with Gasteiger partial charge in [-0.25, -0.2) is 0 Å². The van der Waals surface area contributed by atoms with E-state index >= 15 is 0 Å². The summed E-state index contributed by atoms with van der Waals surface area (Å²) in [5.74, 6) is -1.06. The van der Waals surface area contributed by atoms with Crippen molar-refractivity contribution in [1.82, 2.24) is 15.2 Å². The van der Waals surface area contributed by atoms with Crippen molar-refractivity contribution in [3.8, 4) is 0 Å². The number of carbonyl (C=O) groups is 2. The molecule has 0 radical (unpaired) electrons. The summed E-state index contributed by atoms with van der Waals surface area (Å²) < 4.78 is 0.677. The standard InChI is InChI=1S/C27H22N4O3S2/c1-16-5-9-18(10-6-16)15-35-27-30-29-26(36-27)31-22(20-4-3-13-28-14-20)21(24(33)25(31)34)23(32)19-11-7-17(2)8-12-19/h3-14,22,32H,15H2,1-2H3/b23-21+. The number of nitrogens with zero attached hydrogens (tertiary/aromatic N) is 4. The average molecular weight is 515 g/mol. The molecule has 36 heavy (non-hydrogen) atoms. The van der Waals surface area contributed by atoms with Crippen LogP contribution in [0.25, 0.3) is 5.76 Å². The zero-order valence-electron chi connectivity index (χ0n) is 19.6. The molecule has 2 aromatic heterocycles. The zero-order valence-corrected chi connectivity index (χ0v) is 21.2. The summed E-state index contributed by atoms with van der Waals surface area (Å²) >= 11 is 2.75. The Bertz CT molecular complexity index is 1450. The van der Waals surface area contributed by atoms with Gasteiger partial charge >= 0.3 is 5.91 Å². The summed E-state index contributed by atoms with van der Waals surface area (Å²) in [6.45, 7) is 3.97. The maximum atomic E-state index is 13.3. The number of amides is 1. The fraction of sp³-hybridized carbons (Fsp3) is 0.148. The number of hydrogen-bond donors (Lipinski definition) is 1. The third kappa shape index (κ3) is 4.67. The number of aryl methyl sites for hydroxylation is 2. The predicted octanol–water partition coefficient (Wildman–Crippen LogP) is 5.47. The van der Waals surface area contributed by atoms with E-state index in [0.717, 1.165) is 11.1 Å². The maximum Gasteiger partial charge on any atom is 0.301 e. The molecule has 1 N–H and O–H groups in total. The molecular formula is C27H22N4O3S2. The number of hydrogen-bond acceptors (Lipinski definition) is 8. The highest BCUT2D eigenvalue weighted by atomic mass is 32.2. The van der Waals surface area contributed by atoms with Gasteiger partial charge in [-0.1, -0.05) is 88.8 Å². The molecule has 0 bridgehead atoms. The summed E-state index contributed by atoms with van der Waals surface area (Å²) in [4.78, 5) is 32.0. The highest BCUT2D eigenvalue weighted by Crippen LogP contribution is 2.43. The molecule has 2 aromatic carbocycles. The first-order valence-corrected chi connectivity index (χ1v) is 13.0. The Morgan fingerprint density at radius 1 is 1.00 bits per heavy atom. The smallest absolute Gasteiger partial charge is 0.301 e. The minimum Gasteiger partial charge on any atom is -0.507 e. The number of aliphatic hydroxyl groups excluding tert-OH is 1. The number of pyridine rings is 1. The van der Waals surface area contributed by atoms with Gasteiger partial charge in [-0.3, -0.25) is 19.5 Å². The van der Waals surface area contributed by atoms with E-state index in [9.17, 15) is 14.7 Å². The second kappa shape index (κ2) is 10.0. The number of ketones is 1. The van der Waals surface area contributed by atoms with Crippen LogP contribution in [0.15, 0.2) is 83.0 Å². The quantitative estimate of drug-likeness (QED) is 0.120. The number of Topliss-reactive ketones (excluding diaryl/α,β-unsaturated/α-hetero) is 1. The summed E-state index contributed by atoms with van der Waals surface area (Å²) in [5.41, 5.74) is 4.41. The molecule has 4 aromatic rings. The predicted molar refractivity (Wildman–Crippen MR) is 141 cm³/mol. The van der Waals surface area contributed by atoms with E-state index in [2.05, 4.69) is 39.4 Å². The number of anilines is 1. The van der Waals surface area contributed by atoms with E-state index in [-0.39, 0.29) is 11.3 Å². The number of carbonyl (C=O) groups excluding carboxylic acids is 2.